The molecule has 1 fully saturated rings. The summed E-state index contributed by atoms with van der Waals surface area (Å²) in [6, 6.07) is 6.55. The van der Waals surface area contributed by atoms with E-state index in [1.807, 2.05) is 27.7 Å². The number of hydrogen-bond acceptors (Lipinski definition) is 3. The van der Waals surface area contributed by atoms with Crippen molar-refractivity contribution in [1.29, 1.82) is 0 Å². The number of carboxylic acids is 1. The Labute approximate surface area is 135 Å². The molecule has 4 heteroatoms. The fourth-order valence-electron chi connectivity index (χ4n) is 2.17. The van der Waals surface area contributed by atoms with E-state index in [4.69, 9.17) is 9.84 Å². The summed E-state index contributed by atoms with van der Waals surface area (Å²) in [6.07, 6.45) is 3.91. The van der Waals surface area contributed by atoms with Gasteiger partial charge in [-0.3, -0.25) is 4.90 Å². The van der Waals surface area contributed by atoms with Gasteiger partial charge in [0, 0.05) is 6.54 Å². The normalized spacial score (nSPS) is 14.0. The third kappa shape index (κ3) is 8.03. The molecule has 1 aromatic rings. The Bertz CT molecular complexity index is 384. The molecule has 0 unspecified atom stereocenters. The number of piperidine rings is 1. The molecule has 0 radical (unpaired) electrons. The number of ether oxygens (including phenoxy) is 1. The van der Waals surface area contributed by atoms with Gasteiger partial charge < -0.3 is 9.84 Å². The van der Waals surface area contributed by atoms with Crippen LogP contribution in [0.25, 0.3) is 0 Å². The molecule has 2 rings (SSSR count). The van der Waals surface area contributed by atoms with Crippen LogP contribution in [0, 0.1) is 0 Å². The topological polar surface area (TPSA) is 49.8 Å². The number of likely N-dealkylation sites (tertiary alicyclic amines) is 1. The summed E-state index contributed by atoms with van der Waals surface area (Å²) < 4.78 is 5.61. The lowest BCUT2D eigenvalue weighted by Gasteiger charge is -2.26. The highest BCUT2D eigenvalue weighted by atomic mass is 16.5. The molecule has 1 aromatic carbocycles. The average molecular weight is 309 g/mol. The Hall–Kier alpha value is -1.55. The molecule has 1 aliphatic heterocycles. The predicted octanol–water partition coefficient (Wildman–Crippen LogP) is 4.30. The first-order valence-corrected chi connectivity index (χ1v) is 8.44. The Morgan fingerprint density at radius 3 is 2.09 bits per heavy atom. The summed E-state index contributed by atoms with van der Waals surface area (Å²) in [5.74, 6) is -0.174. The van der Waals surface area contributed by atoms with Gasteiger partial charge in [-0.05, 0) is 50.2 Å². The van der Waals surface area contributed by atoms with Gasteiger partial charge in [-0.2, -0.15) is 0 Å². The Morgan fingerprint density at radius 2 is 1.59 bits per heavy atom. The quantitative estimate of drug-likeness (QED) is 0.881. The lowest BCUT2D eigenvalue weighted by molar-refractivity contribution is 0.0697. The highest BCUT2D eigenvalue weighted by Gasteiger charge is 2.09. The zero-order chi connectivity index (χ0) is 16.8. The summed E-state index contributed by atoms with van der Waals surface area (Å²) in [5, 5.41) is 8.77. The highest BCUT2D eigenvalue weighted by molar-refractivity contribution is 5.87. The molecular weight excluding hydrogens is 278 g/mol. The van der Waals surface area contributed by atoms with Crippen LogP contribution >= 0.6 is 0 Å². The number of carbonyl (C=O) groups is 1. The van der Waals surface area contributed by atoms with Crippen molar-refractivity contribution in [1.82, 2.24) is 4.90 Å². The summed E-state index contributed by atoms with van der Waals surface area (Å²) in [7, 11) is 0. The van der Waals surface area contributed by atoms with Gasteiger partial charge in [0.2, 0.25) is 0 Å². The van der Waals surface area contributed by atoms with E-state index in [0.29, 0.717) is 12.2 Å². The lowest BCUT2D eigenvalue weighted by Crippen LogP contribution is -2.33. The van der Waals surface area contributed by atoms with Gasteiger partial charge in [0.05, 0.1) is 5.56 Å². The molecule has 1 saturated heterocycles. The van der Waals surface area contributed by atoms with E-state index in [1.165, 1.54) is 32.4 Å². The zero-order valence-electron chi connectivity index (χ0n) is 14.5. The number of hydrogen-bond donors (Lipinski definition) is 1. The van der Waals surface area contributed by atoms with Crippen LogP contribution in [-0.4, -0.2) is 42.2 Å². The summed E-state index contributed by atoms with van der Waals surface area (Å²) in [6.45, 7) is 11.9. The second kappa shape index (κ2) is 13.1. The second-order valence-electron chi connectivity index (χ2n) is 4.58. The van der Waals surface area contributed by atoms with Crippen molar-refractivity contribution in [3.63, 3.8) is 0 Å². The van der Waals surface area contributed by atoms with Crippen molar-refractivity contribution in [3.8, 4) is 5.75 Å². The summed E-state index contributed by atoms with van der Waals surface area (Å²) in [5.41, 5.74) is 0.290. The third-order valence-electron chi connectivity index (χ3n) is 3.23. The van der Waals surface area contributed by atoms with E-state index in [-0.39, 0.29) is 0 Å². The van der Waals surface area contributed by atoms with Gasteiger partial charge in [0.15, 0.2) is 0 Å². The molecule has 1 aliphatic rings. The molecule has 0 bridgehead atoms. The van der Waals surface area contributed by atoms with Crippen LogP contribution in [0.5, 0.6) is 5.75 Å². The van der Waals surface area contributed by atoms with Crippen LogP contribution < -0.4 is 4.74 Å². The lowest BCUT2D eigenvalue weighted by atomic mass is 10.1. The van der Waals surface area contributed by atoms with Crippen molar-refractivity contribution in [2.45, 2.75) is 47.0 Å². The number of benzene rings is 1. The van der Waals surface area contributed by atoms with E-state index in [1.54, 1.807) is 24.3 Å². The SMILES string of the molecule is CC.CC.O=C(O)c1ccc(OCCN2CCCCC2)cc1. The maximum Gasteiger partial charge on any atom is 0.335 e. The number of carboxylic acid groups (broad SMARTS) is 1. The smallest absolute Gasteiger partial charge is 0.335 e. The first-order valence-electron chi connectivity index (χ1n) is 8.44. The van der Waals surface area contributed by atoms with Crippen molar-refractivity contribution in [3.05, 3.63) is 29.8 Å². The maximum absolute atomic E-state index is 10.7. The fraction of sp³-hybridized carbons (Fsp3) is 0.611. The highest BCUT2D eigenvalue weighted by Crippen LogP contribution is 2.13. The van der Waals surface area contributed by atoms with Crippen LogP contribution in [0.15, 0.2) is 24.3 Å². The largest absolute Gasteiger partial charge is 0.492 e. The van der Waals surface area contributed by atoms with E-state index in [2.05, 4.69) is 4.90 Å². The monoisotopic (exact) mass is 309 g/mol. The van der Waals surface area contributed by atoms with Gasteiger partial charge in [-0.15, -0.1) is 0 Å². The number of nitrogens with zero attached hydrogens (tertiary/aromatic N) is 1. The van der Waals surface area contributed by atoms with Crippen molar-refractivity contribution < 1.29 is 14.6 Å². The average Bonchev–Trinajstić information content (AvgIpc) is 2.60. The van der Waals surface area contributed by atoms with Gasteiger partial charge in [0.25, 0.3) is 0 Å². The van der Waals surface area contributed by atoms with Crippen LogP contribution in [0.4, 0.5) is 0 Å². The van der Waals surface area contributed by atoms with E-state index in [0.717, 1.165) is 12.3 Å². The van der Waals surface area contributed by atoms with E-state index in [9.17, 15) is 4.79 Å². The molecule has 0 spiro atoms. The van der Waals surface area contributed by atoms with Crippen LogP contribution in [0.1, 0.15) is 57.3 Å². The molecule has 0 aromatic heterocycles. The molecule has 0 amide bonds. The molecule has 1 heterocycles. The van der Waals surface area contributed by atoms with Gasteiger partial charge in [0.1, 0.15) is 12.4 Å². The number of rotatable bonds is 5. The summed E-state index contributed by atoms with van der Waals surface area (Å²) in [4.78, 5) is 13.1. The Kier molecular flexibility index (Phi) is 12.2. The first-order chi connectivity index (χ1) is 10.8. The molecule has 0 aliphatic carbocycles. The molecule has 126 valence electrons. The molecule has 22 heavy (non-hydrogen) atoms. The molecule has 0 saturated carbocycles. The van der Waals surface area contributed by atoms with Crippen LogP contribution in [0.3, 0.4) is 0 Å². The molecule has 0 atom stereocenters. The van der Waals surface area contributed by atoms with Gasteiger partial charge >= 0.3 is 5.97 Å². The third-order valence-corrected chi connectivity index (χ3v) is 3.23. The Balaban J connectivity index is 0.00000102. The van der Waals surface area contributed by atoms with Crippen molar-refractivity contribution in [2.75, 3.05) is 26.2 Å². The van der Waals surface area contributed by atoms with Gasteiger partial charge in [-0.1, -0.05) is 34.1 Å². The molecular formula is C18H31NO3. The number of aromatic carboxylic acids is 1. The van der Waals surface area contributed by atoms with Crippen LogP contribution in [0.2, 0.25) is 0 Å². The second-order valence-corrected chi connectivity index (χ2v) is 4.58. The standard InChI is InChI=1S/C14H19NO3.2C2H6/c16-14(17)12-4-6-13(7-5-12)18-11-10-15-8-2-1-3-9-15;2*1-2/h4-7H,1-3,8-11H2,(H,16,17);2*1-2H3. The zero-order valence-corrected chi connectivity index (χ0v) is 14.5. The molecule has 1 N–H and O–H groups in total. The maximum atomic E-state index is 10.7. The fourth-order valence-corrected chi connectivity index (χ4v) is 2.17. The van der Waals surface area contributed by atoms with E-state index >= 15 is 0 Å². The molecule has 4 nitrogen and oxygen atoms in total. The van der Waals surface area contributed by atoms with Crippen molar-refractivity contribution in [2.24, 2.45) is 0 Å². The van der Waals surface area contributed by atoms with E-state index < -0.39 is 5.97 Å². The minimum absolute atomic E-state index is 0.290. The predicted molar refractivity (Wildman–Crippen MR) is 91.9 cm³/mol. The summed E-state index contributed by atoms with van der Waals surface area (Å²) >= 11 is 0. The minimum atomic E-state index is -0.908. The van der Waals surface area contributed by atoms with Gasteiger partial charge in [-0.25, -0.2) is 4.79 Å². The first kappa shape index (κ1) is 20.5. The minimum Gasteiger partial charge on any atom is -0.492 e. The Morgan fingerprint density at radius 1 is 1.05 bits per heavy atom. The van der Waals surface area contributed by atoms with Crippen LogP contribution in [-0.2, 0) is 0 Å². The van der Waals surface area contributed by atoms with Crippen molar-refractivity contribution >= 4 is 5.97 Å².